The van der Waals surface area contributed by atoms with Crippen molar-refractivity contribution in [1.82, 2.24) is 20.0 Å². The number of aromatic nitrogens is 3. The Morgan fingerprint density at radius 1 is 1.36 bits per heavy atom. The molecule has 0 fully saturated rings. The van der Waals surface area contributed by atoms with Crippen LogP contribution in [-0.2, 0) is 6.54 Å². The van der Waals surface area contributed by atoms with Gasteiger partial charge in [-0.3, -0.25) is 4.79 Å². The molecule has 0 aliphatic rings. The van der Waals surface area contributed by atoms with Gasteiger partial charge in [-0.15, -0.1) is 0 Å². The molecule has 3 aromatic rings. The van der Waals surface area contributed by atoms with E-state index in [-0.39, 0.29) is 11.7 Å². The second-order valence-corrected chi connectivity index (χ2v) is 5.08. The Balaban J connectivity index is 1.62. The second kappa shape index (κ2) is 6.44. The monoisotopic (exact) mass is 316 g/mol. The van der Waals surface area contributed by atoms with E-state index < -0.39 is 0 Å². The standard InChI is InChI=1S/C15H13ClN4O2/c16-12-3-1-2-11(8-12)13-9-14(22-19-13)15(21)18-5-7-20-6-4-17-10-20/h1-4,6,8-10H,5,7H2,(H,18,21). The van der Waals surface area contributed by atoms with Crippen LogP contribution in [0.4, 0.5) is 0 Å². The lowest BCUT2D eigenvalue weighted by molar-refractivity contribution is 0.0915. The van der Waals surface area contributed by atoms with E-state index >= 15 is 0 Å². The van der Waals surface area contributed by atoms with E-state index in [9.17, 15) is 4.79 Å². The Morgan fingerprint density at radius 3 is 3.05 bits per heavy atom. The van der Waals surface area contributed by atoms with Gasteiger partial charge in [0.05, 0.1) is 6.33 Å². The van der Waals surface area contributed by atoms with Crippen molar-refractivity contribution in [3.8, 4) is 11.3 Å². The molecule has 0 unspecified atom stereocenters. The van der Waals surface area contributed by atoms with Crippen molar-refractivity contribution in [3.63, 3.8) is 0 Å². The average molecular weight is 317 g/mol. The van der Waals surface area contributed by atoms with E-state index in [2.05, 4.69) is 15.5 Å². The molecule has 0 bridgehead atoms. The van der Waals surface area contributed by atoms with Crippen LogP contribution < -0.4 is 5.32 Å². The smallest absolute Gasteiger partial charge is 0.289 e. The molecule has 7 heteroatoms. The lowest BCUT2D eigenvalue weighted by Gasteiger charge is -2.02. The minimum absolute atomic E-state index is 0.167. The zero-order valence-electron chi connectivity index (χ0n) is 11.6. The highest BCUT2D eigenvalue weighted by atomic mass is 35.5. The predicted octanol–water partition coefficient (Wildman–Crippen LogP) is 2.62. The highest BCUT2D eigenvalue weighted by Crippen LogP contribution is 2.22. The van der Waals surface area contributed by atoms with Crippen LogP contribution in [0.25, 0.3) is 11.3 Å². The summed E-state index contributed by atoms with van der Waals surface area (Å²) in [5.74, 6) is -0.137. The fourth-order valence-corrected chi connectivity index (χ4v) is 2.16. The van der Waals surface area contributed by atoms with E-state index in [0.29, 0.717) is 23.8 Å². The quantitative estimate of drug-likeness (QED) is 0.785. The lowest BCUT2D eigenvalue weighted by Crippen LogP contribution is -2.26. The largest absolute Gasteiger partial charge is 0.350 e. The van der Waals surface area contributed by atoms with Crippen LogP contribution in [0.15, 0.2) is 53.6 Å². The first-order chi connectivity index (χ1) is 10.7. The molecule has 22 heavy (non-hydrogen) atoms. The minimum atomic E-state index is -0.305. The van der Waals surface area contributed by atoms with E-state index in [1.807, 2.05) is 22.9 Å². The third-order valence-corrected chi connectivity index (χ3v) is 3.30. The summed E-state index contributed by atoms with van der Waals surface area (Å²) in [6.45, 7) is 1.11. The SMILES string of the molecule is O=C(NCCn1ccnc1)c1cc(-c2cccc(Cl)c2)no1. The molecule has 0 saturated heterocycles. The van der Waals surface area contributed by atoms with E-state index in [4.69, 9.17) is 16.1 Å². The van der Waals surface area contributed by atoms with Crippen molar-refractivity contribution < 1.29 is 9.32 Å². The van der Waals surface area contributed by atoms with Crippen molar-refractivity contribution >= 4 is 17.5 Å². The maximum absolute atomic E-state index is 12.0. The molecule has 0 aliphatic carbocycles. The van der Waals surface area contributed by atoms with Gasteiger partial charge in [0.2, 0.25) is 5.76 Å². The predicted molar refractivity (Wildman–Crippen MR) is 81.5 cm³/mol. The molecule has 2 heterocycles. The highest BCUT2D eigenvalue weighted by Gasteiger charge is 2.13. The fraction of sp³-hybridized carbons (Fsp3) is 0.133. The normalized spacial score (nSPS) is 10.6. The number of hydrogen-bond donors (Lipinski definition) is 1. The summed E-state index contributed by atoms with van der Waals surface area (Å²) in [4.78, 5) is 15.9. The summed E-state index contributed by atoms with van der Waals surface area (Å²) in [7, 11) is 0. The number of nitrogens with one attached hydrogen (secondary N) is 1. The van der Waals surface area contributed by atoms with Crippen molar-refractivity contribution in [2.45, 2.75) is 6.54 Å². The molecule has 0 atom stereocenters. The summed E-state index contributed by atoms with van der Waals surface area (Å²) >= 11 is 5.94. The number of halogens is 1. The number of imidazole rings is 1. The number of amides is 1. The number of carbonyl (C=O) groups is 1. The third-order valence-electron chi connectivity index (χ3n) is 3.07. The molecule has 1 N–H and O–H groups in total. The first-order valence-corrected chi connectivity index (χ1v) is 7.07. The van der Waals surface area contributed by atoms with E-state index in [1.165, 1.54) is 0 Å². The lowest BCUT2D eigenvalue weighted by atomic mass is 10.1. The zero-order chi connectivity index (χ0) is 15.4. The molecule has 2 aromatic heterocycles. The average Bonchev–Trinajstić information content (AvgIpc) is 3.19. The summed E-state index contributed by atoms with van der Waals surface area (Å²) in [5, 5.41) is 7.27. The molecule has 0 spiro atoms. The van der Waals surface area contributed by atoms with Crippen LogP contribution in [-0.4, -0.2) is 27.2 Å². The van der Waals surface area contributed by atoms with Crippen LogP contribution in [0.1, 0.15) is 10.6 Å². The number of carbonyl (C=O) groups excluding carboxylic acids is 1. The van der Waals surface area contributed by atoms with Gasteiger partial charge in [-0.2, -0.15) is 0 Å². The summed E-state index contributed by atoms with van der Waals surface area (Å²) in [6, 6.07) is 8.80. The number of benzene rings is 1. The molecule has 3 rings (SSSR count). The Kier molecular flexibility index (Phi) is 4.20. The fourth-order valence-electron chi connectivity index (χ4n) is 1.97. The van der Waals surface area contributed by atoms with Crippen molar-refractivity contribution in [3.05, 3.63) is 59.8 Å². The van der Waals surface area contributed by atoms with Gasteiger partial charge in [0.25, 0.3) is 5.91 Å². The topological polar surface area (TPSA) is 73.0 Å². The van der Waals surface area contributed by atoms with Gasteiger partial charge in [-0.05, 0) is 12.1 Å². The summed E-state index contributed by atoms with van der Waals surface area (Å²) < 4.78 is 6.96. The maximum atomic E-state index is 12.0. The molecule has 112 valence electrons. The van der Waals surface area contributed by atoms with Crippen LogP contribution in [0, 0.1) is 0 Å². The van der Waals surface area contributed by atoms with Gasteiger partial charge < -0.3 is 14.4 Å². The van der Waals surface area contributed by atoms with Crippen molar-refractivity contribution in [1.29, 1.82) is 0 Å². The van der Waals surface area contributed by atoms with Crippen LogP contribution in [0.3, 0.4) is 0 Å². The van der Waals surface area contributed by atoms with Gasteiger partial charge >= 0.3 is 0 Å². The Bertz CT molecular complexity index is 767. The summed E-state index contributed by atoms with van der Waals surface area (Å²) in [6.07, 6.45) is 5.21. The van der Waals surface area contributed by atoms with Crippen LogP contribution >= 0.6 is 11.6 Å². The van der Waals surface area contributed by atoms with E-state index in [1.54, 1.807) is 30.7 Å². The third kappa shape index (κ3) is 3.35. The van der Waals surface area contributed by atoms with Gasteiger partial charge in [-0.1, -0.05) is 28.9 Å². The van der Waals surface area contributed by atoms with Crippen molar-refractivity contribution in [2.24, 2.45) is 0 Å². The molecule has 6 nitrogen and oxygen atoms in total. The zero-order valence-corrected chi connectivity index (χ0v) is 12.3. The minimum Gasteiger partial charge on any atom is -0.350 e. The van der Waals surface area contributed by atoms with Gasteiger partial charge in [0.1, 0.15) is 5.69 Å². The first-order valence-electron chi connectivity index (χ1n) is 6.69. The number of hydrogen-bond acceptors (Lipinski definition) is 4. The number of rotatable bonds is 5. The molecule has 1 aromatic carbocycles. The van der Waals surface area contributed by atoms with Gasteiger partial charge in [0.15, 0.2) is 0 Å². The Hall–Kier alpha value is -2.60. The second-order valence-electron chi connectivity index (χ2n) is 4.64. The van der Waals surface area contributed by atoms with Gasteiger partial charge in [0, 0.05) is 42.1 Å². The highest BCUT2D eigenvalue weighted by molar-refractivity contribution is 6.30. The van der Waals surface area contributed by atoms with Crippen LogP contribution in [0.2, 0.25) is 5.02 Å². The van der Waals surface area contributed by atoms with Crippen LogP contribution in [0.5, 0.6) is 0 Å². The molecule has 0 saturated carbocycles. The molecule has 0 aliphatic heterocycles. The van der Waals surface area contributed by atoms with Gasteiger partial charge in [-0.25, -0.2) is 4.98 Å². The number of nitrogens with zero attached hydrogens (tertiary/aromatic N) is 3. The molecular formula is C15H13ClN4O2. The molecular weight excluding hydrogens is 304 g/mol. The molecule has 0 radical (unpaired) electrons. The maximum Gasteiger partial charge on any atom is 0.289 e. The van der Waals surface area contributed by atoms with Crippen molar-refractivity contribution in [2.75, 3.05) is 6.54 Å². The Labute approximate surface area is 131 Å². The summed E-state index contributed by atoms with van der Waals surface area (Å²) in [5.41, 5.74) is 1.37. The molecule has 1 amide bonds. The Morgan fingerprint density at radius 2 is 2.27 bits per heavy atom. The van der Waals surface area contributed by atoms with E-state index in [0.717, 1.165) is 5.56 Å². The first kappa shape index (κ1) is 14.3.